The van der Waals surface area contributed by atoms with Crippen LogP contribution < -0.4 is 9.44 Å². The standard InChI is InChI=1S/C9H18N2O6S/c1-7(3-4-8(12)13)5-6-10-18(15,16)11-9(14)17-2/h7,10H,3-6H2,1-2H3,(H,11,14)(H,12,13). The number of hydrogen-bond donors (Lipinski definition) is 3. The van der Waals surface area contributed by atoms with Crippen LogP contribution in [-0.4, -0.2) is 39.2 Å². The van der Waals surface area contributed by atoms with Crippen molar-refractivity contribution in [2.45, 2.75) is 26.2 Å². The van der Waals surface area contributed by atoms with E-state index in [-0.39, 0.29) is 18.9 Å². The number of rotatable bonds is 8. The lowest BCUT2D eigenvalue weighted by molar-refractivity contribution is -0.137. The van der Waals surface area contributed by atoms with E-state index in [4.69, 9.17) is 5.11 Å². The molecule has 0 aliphatic carbocycles. The van der Waals surface area contributed by atoms with Gasteiger partial charge in [-0.1, -0.05) is 6.92 Å². The minimum atomic E-state index is -3.91. The predicted molar refractivity (Wildman–Crippen MR) is 63.1 cm³/mol. The Morgan fingerprint density at radius 2 is 1.94 bits per heavy atom. The molecule has 0 aromatic rings. The molecule has 0 spiro atoms. The molecule has 0 heterocycles. The Kier molecular flexibility index (Phi) is 7.29. The first-order chi connectivity index (χ1) is 8.26. The van der Waals surface area contributed by atoms with Crippen LogP contribution in [0.15, 0.2) is 0 Å². The van der Waals surface area contributed by atoms with E-state index in [1.165, 1.54) is 0 Å². The summed E-state index contributed by atoms with van der Waals surface area (Å²) in [6.45, 7) is 1.94. The summed E-state index contributed by atoms with van der Waals surface area (Å²) in [5.74, 6) is -0.809. The van der Waals surface area contributed by atoms with Crippen molar-refractivity contribution in [3.63, 3.8) is 0 Å². The molecule has 0 rings (SSSR count). The lowest BCUT2D eigenvalue weighted by Gasteiger charge is -2.11. The summed E-state index contributed by atoms with van der Waals surface area (Å²) in [5, 5.41) is 8.47. The number of carboxylic acid groups (broad SMARTS) is 1. The van der Waals surface area contributed by atoms with Crippen molar-refractivity contribution >= 4 is 22.3 Å². The van der Waals surface area contributed by atoms with E-state index >= 15 is 0 Å². The summed E-state index contributed by atoms with van der Waals surface area (Å²) >= 11 is 0. The molecule has 0 saturated carbocycles. The van der Waals surface area contributed by atoms with Gasteiger partial charge in [-0.2, -0.15) is 13.1 Å². The van der Waals surface area contributed by atoms with Gasteiger partial charge in [-0.05, 0) is 18.8 Å². The van der Waals surface area contributed by atoms with Crippen molar-refractivity contribution in [3.05, 3.63) is 0 Å². The molecule has 8 nitrogen and oxygen atoms in total. The van der Waals surface area contributed by atoms with Gasteiger partial charge < -0.3 is 9.84 Å². The first-order valence-corrected chi connectivity index (χ1v) is 6.82. The van der Waals surface area contributed by atoms with Crippen LogP contribution in [0.5, 0.6) is 0 Å². The number of amides is 1. The molecule has 0 saturated heterocycles. The second-order valence-electron chi connectivity index (χ2n) is 3.82. The maximum Gasteiger partial charge on any atom is 0.421 e. The van der Waals surface area contributed by atoms with E-state index in [0.717, 1.165) is 7.11 Å². The third-order valence-electron chi connectivity index (χ3n) is 2.18. The normalized spacial score (nSPS) is 12.8. The third-order valence-corrected chi connectivity index (χ3v) is 3.20. The van der Waals surface area contributed by atoms with Crippen molar-refractivity contribution in [1.29, 1.82) is 0 Å². The van der Waals surface area contributed by atoms with Gasteiger partial charge in [0, 0.05) is 13.0 Å². The first kappa shape index (κ1) is 16.6. The minimum absolute atomic E-state index is 0.0499. The zero-order chi connectivity index (χ0) is 14.2. The van der Waals surface area contributed by atoms with Crippen molar-refractivity contribution < 1.29 is 27.9 Å². The molecule has 106 valence electrons. The van der Waals surface area contributed by atoms with Crippen molar-refractivity contribution in [1.82, 2.24) is 9.44 Å². The summed E-state index contributed by atoms with van der Waals surface area (Å²) in [6.07, 6.45) is -0.0630. The Morgan fingerprint density at radius 3 is 2.44 bits per heavy atom. The summed E-state index contributed by atoms with van der Waals surface area (Å²) in [6, 6.07) is 0. The van der Waals surface area contributed by atoms with Gasteiger partial charge in [0.15, 0.2) is 0 Å². The molecule has 0 aromatic carbocycles. The van der Waals surface area contributed by atoms with Crippen LogP contribution >= 0.6 is 0 Å². The second-order valence-corrected chi connectivity index (χ2v) is 5.32. The van der Waals surface area contributed by atoms with Gasteiger partial charge >= 0.3 is 22.3 Å². The van der Waals surface area contributed by atoms with Crippen LogP contribution in [-0.2, 0) is 19.7 Å². The highest BCUT2D eigenvalue weighted by Gasteiger charge is 2.14. The van der Waals surface area contributed by atoms with Crippen molar-refractivity contribution in [2.75, 3.05) is 13.7 Å². The molecular formula is C9H18N2O6S. The van der Waals surface area contributed by atoms with Gasteiger partial charge in [0.25, 0.3) is 0 Å². The van der Waals surface area contributed by atoms with Crippen LogP contribution in [0.3, 0.4) is 0 Å². The monoisotopic (exact) mass is 282 g/mol. The van der Waals surface area contributed by atoms with Crippen LogP contribution in [0.4, 0.5) is 4.79 Å². The Hall–Kier alpha value is -1.35. The quantitative estimate of drug-likeness (QED) is 0.579. The van der Waals surface area contributed by atoms with Gasteiger partial charge in [0.05, 0.1) is 7.11 Å². The number of carbonyl (C=O) groups is 2. The highest BCUT2D eigenvalue weighted by Crippen LogP contribution is 2.09. The lowest BCUT2D eigenvalue weighted by Crippen LogP contribution is -2.40. The Morgan fingerprint density at radius 1 is 1.33 bits per heavy atom. The van der Waals surface area contributed by atoms with Gasteiger partial charge in [-0.3, -0.25) is 4.79 Å². The van der Waals surface area contributed by atoms with Crippen molar-refractivity contribution in [2.24, 2.45) is 5.92 Å². The molecule has 3 N–H and O–H groups in total. The highest BCUT2D eigenvalue weighted by molar-refractivity contribution is 7.88. The number of hydrogen-bond acceptors (Lipinski definition) is 5. The molecule has 1 atom stereocenters. The molecule has 18 heavy (non-hydrogen) atoms. The number of ether oxygens (including phenoxy) is 1. The molecule has 1 amide bonds. The first-order valence-electron chi connectivity index (χ1n) is 5.34. The highest BCUT2D eigenvalue weighted by atomic mass is 32.2. The number of methoxy groups -OCH3 is 1. The summed E-state index contributed by atoms with van der Waals surface area (Å²) in [5.41, 5.74) is 0. The predicted octanol–water partition coefficient (Wildman–Crippen LogP) is 0.0678. The Labute approximate surface area is 106 Å². The molecule has 0 aliphatic heterocycles. The summed E-state index contributed by atoms with van der Waals surface area (Å²) < 4.78 is 30.4. The Balaban J connectivity index is 3.89. The molecule has 0 bridgehead atoms. The number of carboxylic acids is 1. The summed E-state index contributed by atoms with van der Waals surface area (Å²) in [4.78, 5) is 21.0. The van der Waals surface area contributed by atoms with E-state index in [9.17, 15) is 18.0 Å². The SMILES string of the molecule is COC(=O)NS(=O)(=O)NCCC(C)CCC(=O)O. The molecular weight excluding hydrogens is 264 g/mol. The fraction of sp³-hybridized carbons (Fsp3) is 0.778. The topological polar surface area (TPSA) is 122 Å². The maximum absolute atomic E-state index is 11.2. The van der Waals surface area contributed by atoms with E-state index < -0.39 is 22.3 Å². The lowest BCUT2D eigenvalue weighted by atomic mass is 10.0. The van der Waals surface area contributed by atoms with E-state index in [1.807, 2.05) is 6.92 Å². The van der Waals surface area contributed by atoms with Crippen LogP contribution in [0.2, 0.25) is 0 Å². The molecule has 0 aromatic heterocycles. The van der Waals surface area contributed by atoms with Crippen LogP contribution in [0, 0.1) is 5.92 Å². The maximum atomic E-state index is 11.2. The van der Waals surface area contributed by atoms with Crippen LogP contribution in [0.1, 0.15) is 26.2 Å². The largest absolute Gasteiger partial charge is 0.481 e. The zero-order valence-corrected chi connectivity index (χ0v) is 11.1. The number of carbonyl (C=O) groups excluding carboxylic acids is 1. The zero-order valence-electron chi connectivity index (χ0n) is 10.3. The molecule has 9 heteroatoms. The Bertz CT molecular complexity index is 381. The number of aliphatic carboxylic acids is 1. The molecule has 0 fully saturated rings. The molecule has 1 unspecified atom stereocenters. The van der Waals surface area contributed by atoms with Crippen molar-refractivity contribution in [3.8, 4) is 0 Å². The fourth-order valence-corrected chi connectivity index (χ4v) is 1.90. The number of nitrogens with one attached hydrogen (secondary N) is 2. The smallest absolute Gasteiger partial charge is 0.421 e. The van der Waals surface area contributed by atoms with Gasteiger partial charge in [-0.25, -0.2) is 9.52 Å². The summed E-state index contributed by atoms with van der Waals surface area (Å²) in [7, 11) is -2.86. The van der Waals surface area contributed by atoms with Gasteiger partial charge in [0.1, 0.15) is 0 Å². The fourth-order valence-electron chi connectivity index (χ4n) is 1.14. The minimum Gasteiger partial charge on any atom is -0.481 e. The molecule has 0 aliphatic rings. The third kappa shape index (κ3) is 8.76. The average molecular weight is 282 g/mol. The van der Waals surface area contributed by atoms with Gasteiger partial charge in [0.2, 0.25) is 0 Å². The molecule has 0 radical (unpaired) electrons. The van der Waals surface area contributed by atoms with E-state index in [0.29, 0.717) is 12.8 Å². The average Bonchev–Trinajstić information content (AvgIpc) is 2.25. The van der Waals surface area contributed by atoms with E-state index in [1.54, 1.807) is 4.72 Å². The van der Waals surface area contributed by atoms with E-state index in [2.05, 4.69) is 9.46 Å². The second kappa shape index (κ2) is 7.88. The van der Waals surface area contributed by atoms with Gasteiger partial charge in [-0.15, -0.1) is 0 Å². The van der Waals surface area contributed by atoms with Crippen LogP contribution in [0.25, 0.3) is 0 Å².